The van der Waals surface area contributed by atoms with Crippen molar-refractivity contribution in [1.29, 1.82) is 5.26 Å². The van der Waals surface area contributed by atoms with Crippen LogP contribution >= 0.6 is 0 Å². The fourth-order valence-electron chi connectivity index (χ4n) is 5.77. The third kappa shape index (κ3) is 6.26. The van der Waals surface area contributed by atoms with Gasteiger partial charge in [-0.1, -0.05) is 6.07 Å². The fraction of sp³-hybridized carbons (Fsp3) is 0.353. The molecular formula is C34H36FN9O2. The van der Waals surface area contributed by atoms with Crippen LogP contribution in [0, 0.1) is 17.1 Å². The van der Waals surface area contributed by atoms with Crippen LogP contribution in [0.25, 0.3) is 22.5 Å². The van der Waals surface area contributed by atoms with Crippen LogP contribution in [0.4, 0.5) is 15.0 Å². The van der Waals surface area contributed by atoms with Crippen LogP contribution in [-0.4, -0.2) is 66.1 Å². The quantitative estimate of drug-likeness (QED) is 0.217. The summed E-state index contributed by atoms with van der Waals surface area (Å²) in [5.41, 5.74) is 4.51. The number of ether oxygens (including phenoxy) is 1. The van der Waals surface area contributed by atoms with E-state index in [-0.39, 0.29) is 18.1 Å². The number of carbonyl (C=O) groups excluding carboxylic acids is 1. The number of aromatic nitrogens is 6. The molecule has 0 aromatic carbocycles. The normalized spacial score (nSPS) is 14.7. The van der Waals surface area contributed by atoms with Gasteiger partial charge in [0.15, 0.2) is 11.6 Å². The monoisotopic (exact) mass is 621 g/mol. The van der Waals surface area contributed by atoms with Crippen molar-refractivity contribution in [2.75, 3.05) is 25.0 Å². The minimum absolute atomic E-state index is 0.0455. The molecule has 6 rings (SSSR count). The Morgan fingerprint density at radius 1 is 1.07 bits per heavy atom. The molecule has 1 amide bonds. The summed E-state index contributed by atoms with van der Waals surface area (Å²) in [5.74, 6) is 1.11. The molecule has 5 aromatic rings. The predicted molar refractivity (Wildman–Crippen MR) is 171 cm³/mol. The maximum Gasteiger partial charge on any atom is 0.410 e. The Kier molecular flexibility index (Phi) is 8.17. The molecule has 1 aliphatic heterocycles. The molecule has 0 saturated carbocycles. The average molecular weight is 622 g/mol. The van der Waals surface area contributed by atoms with Crippen molar-refractivity contribution in [2.24, 2.45) is 0 Å². The summed E-state index contributed by atoms with van der Waals surface area (Å²) >= 11 is 0. The summed E-state index contributed by atoms with van der Waals surface area (Å²) in [4.78, 5) is 25.7. The average Bonchev–Trinajstić information content (AvgIpc) is 3.69. The summed E-state index contributed by atoms with van der Waals surface area (Å²) < 4.78 is 22.1. The maximum atomic E-state index is 13.4. The van der Waals surface area contributed by atoms with E-state index in [0.717, 1.165) is 52.6 Å². The molecule has 236 valence electrons. The van der Waals surface area contributed by atoms with E-state index >= 15 is 0 Å². The van der Waals surface area contributed by atoms with Crippen molar-refractivity contribution in [3.05, 3.63) is 90.0 Å². The molecule has 12 heteroatoms. The summed E-state index contributed by atoms with van der Waals surface area (Å²) in [7, 11) is 1.97. The molecule has 1 saturated heterocycles. The highest BCUT2D eigenvalue weighted by Gasteiger charge is 2.28. The lowest BCUT2D eigenvalue weighted by atomic mass is 9.89. The highest BCUT2D eigenvalue weighted by atomic mass is 19.1. The summed E-state index contributed by atoms with van der Waals surface area (Å²) in [6, 6.07) is 12.1. The molecule has 0 aliphatic carbocycles. The van der Waals surface area contributed by atoms with Crippen LogP contribution in [0.2, 0.25) is 0 Å². The van der Waals surface area contributed by atoms with E-state index in [1.54, 1.807) is 27.9 Å². The third-order valence-corrected chi connectivity index (χ3v) is 8.41. The molecule has 1 aliphatic rings. The Hall–Kier alpha value is -5.31. The van der Waals surface area contributed by atoms with Crippen molar-refractivity contribution in [2.45, 2.75) is 58.1 Å². The van der Waals surface area contributed by atoms with E-state index in [0.29, 0.717) is 24.5 Å². The van der Waals surface area contributed by atoms with Gasteiger partial charge in [0.25, 0.3) is 0 Å². The van der Waals surface area contributed by atoms with Gasteiger partial charge in [0, 0.05) is 49.9 Å². The molecular weight excluding hydrogens is 585 g/mol. The largest absolute Gasteiger partial charge is 0.444 e. The maximum absolute atomic E-state index is 13.4. The highest BCUT2D eigenvalue weighted by molar-refractivity contribution is 5.85. The summed E-state index contributed by atoms with van der Waals surface area (Å²) in [6.07, 6.45) is 10.9. The summed E-state index contributed by atoms with van der Waals surface area (Å²) in [6.45, 7) is 8.90. The van der Waals surface area contributed by atoms with Gasteiger partial charge in [0.05, 0.1) is 35.7 Å². The number of fused-ring (bicyclic) bond motifs is 1. The first-order chi connectivity index (χ1) is 22.0. The van der Waals surface area contributed by atoms with Gasteiger partial charge in [0.1, 0.15) is 17.5 Å². The number of rotatable bonds is 6. The number of carbonyl (C=O) groups is 1. The number of hydrogen-bond acceptors (Lipinski definition) is 8. The number of likely N-dealkylation sites (tertiary alicyclic amines) is 1. The Morgan fingerprint density at radius 3 is 2.46 bits per heavy atom. The van der Waals surface area contributed by atoms with Crippen LogP contribution in [0.5, 0.6) is 0 Å². The second-order valence-corrected chi connectivity index (χ2v) is 12.6. The molecule has 0 N–H and O–H groups in total. The number of amides is 1. The lowest BCUT2D eigenvalue weighted by Crippen LogP contribution is -2.41. The van der Waals surface area contributed by atoms with Gasteiger partial charge in [-0.25, -0.2) is 28.4 Å². The van der Waals surface area contributed by atoms with E-state index in [2.05, 4.69) is 39.1 Å². The van der Waals surface area contributed by atoms with Crippen LogP contribution in [-0.2, 0) is 4.74 Å². The highest BCUT2D eigenvalue weighted by Crippen LogP contribution is 2.35. The zero-order valence-corrected chi connectivity index (χ0v) is 26.6. The smallest absolute Gasteiger partial charge is 0.410 e. The number of piperidine rings is 1. The standard InChI is InChI=1S/C34H36FN9O2/c1-22(24-6-9-31(38-16-24)43-21-28(35)19-40-43)41(5)30-8-7-25(17-37-30)29-14-26(20-44-32(29)27(15-36)18-39-44)23-10-12-42(13-11-23)33(45)46-34(2,3)4/h6-9,14,16-23H,10-13H2,1-5H3/t22-/m0/s1. The number of halogens is 1. The Bertz CT molecular complexity index is 1890. The van der Waals surface area contributed by atoms with Crippen molar-refractivity contribution < 1.29 is 13.9 Å². The number of hydrogen-bond donors (Lipinski definition) is 0. The molecule has 0 bridgehead atoms. The van der Waals surface area contributed by atoms with Crippen LogP contribution in [0.1, 0.15) is 69.2 Å². The molecule has 1 atom stereocenters. The Balaban J connectivity index is 1.22. The number of nitrogens with zero attached hydrogens (tertiary/aromatic N) is 9. The first-order valence-electron chi connectivity index (χ1n) is 15.3. The lowest BCUT2D eigenvalue weighted by molar-refractivity contribution is 0.0204. The van der Waals surface area contributed by atoms with E-state index < -0.39 is 11.4 Å². The van der Waals surface area contributed by atoms with Crippen LogP contribution in [0.15, 0.2) is 67.5 Å². The molecule has 0 unspecified atom stereocenters. The van der Waals surface area contributed by atoms with Gasteiger partial charge in [-0.15, -0.1) is 0 Å². The van der Waals surface area contributed by atoms with E-state index in [9.17, 15) is 14.4 Å². The molecule has 0 spiro atoms. The molecule has 5 aromatic heterocycles. The number of nitriles is 1. The minimum Gasteiger partial charge on any atom is -0.444 e. The molecule has 1 fully saturated rings. The first-order valence-corrected chi connectivity index (χ1v) is 15.3. The van der Waals surface area contributed by atoms with Crippen molar-refractivity contribution in [3.8, 4) is 23.0 Å². The van der Waals surface area contributed by atoms with E-state index in [1.807, 2.05) is 58.4 Å². The van der Waals surface area contributed by atoms with Gasteiger partial charge < -0.3 is 14.5 Å². The van der Waals surface area contributed by atoms with Crippen molar-refractivity contribution >= 4 is 17.4 Å². The van der Waals surface area contributed by atoms with Crippen LogP contribution in [0.3, 0.4) is 0 Å². The van der Waals surface area contributed by atoms with Gasteiger partial charge in [-0.3, -0.25) is 0 Å². The zero-order valence-electron chi connectivity index (χ0n) is 26.6. The molecule has 6 heterocycles. The zero-order chi connectivity index (χ0) is 32.6. The predicted octanol–water partition coefficient (Wildman–Crippen LogP) is 6.30. The number of pyridine rings is 3. The molecule has 46 heavy (non-hydrogen) atoms. The van der Waals surface area contributed by atoms with E-state index in [1.165, 1.54) is 10.9 Å². The Morgan fingerprint density at radius 2 is 1.85 bits per heavy atom. The molecule has 11 nitrogen and oxygen atoms in total. The first kappa shape index (κ1) is 30.7. The van der Waals surface area contributed by atoms with Gasteiger partial charge in [-0.2, -0.15) is 15.5 Å². The van der Waals surface area contributed by atoms with Crippen molar-refractivity contribution in [1.82, 2.24) is 34.3 Å². The summed E-state index contributed by atoms with van der Waals surface area (Å²) in [5, 5.41) is 18.3. The second-order valence-electron chi connectivity index (χ2n) is 12.6. The number of anilines is 1. The molecule has 0 radical (unpaired) electrons. The lowest BCUT2D eigenvalue weighted by Gasteiger charge is -2.33. The van der Waals surface area contributed by atoms with Crippen LogP contribution < -0.4 is 4.90 Å². The van der Waals surface area contributed by atoms with Gasteiger partial charge in [0.2, 0.25) is 0 Å². The second kappa shape index (κ2) is 12.2. The third-order valence-electron chi connectivity index (χ3n) is 8.41. The van der Waals surface area contributed by atoms with Crippen molar-refractivity contribution in [3.63, 3.8) is 0 Å². The van der Waals surface area contributed by atoms with E-state index in [4.69, 9.17) is 9.72 Å². The van der Waals surface area contributed by atoms with Gasteiger partial charge in [-0.05, 0) is 81.8 Å². The topological polar surface area (TPSA) is 117 Å². The minimum atomic E-state index is -0.532. The van der Waals surface area contributed by atoms with Gasteiger partial charge >= 0.3 is 6.09 Å². The SMILES string of the molecule is C[C@@H](c1ccc(-n2cc(F)cn2)nc1)N(C)c1ccc(-c2cc(C3CCN(C(=O)OC(C)(C)C)CC3)cn3ncc(C#N)c23)cn1. The fourth-order valence-corrected chi connectivity index (χ4v) is 5.77. The Labute approximate surface area is 266 Å².